The molecule has 0 fully saturated rings. The van der Waals surface area contributed by atoms with Crippen molar-refractivity contribution in [3.05, 3.63) is 22.1 Å². The van der Waals surface area contributed by atoms with Crippen molar-refractivity contribution in [3.8, 4) is 6.01 Å². The highest BCUT2D eigenvalue weighted by molar-refractivity contribution is 5.23. The van der Waals surface area contributed by atoms with Gasteiger partial charge >= 0.3 is 11.8 Å². The Labute approximate surface area is 119 Å². The zero-order valence-electron chi connectivity index (χ0n) is 11.8. The Balaban J connectivity index is 1.67. The summed E-state index contributed by atoms with van der Waals surface area (Å²) in [5, 5.41) is 22.2. The fraction of sp³-hybridized carbons (Fsp3) is 0.636. The van der Waals surface area contributed by atoms with Gasteiger partial charge in [-0.25, -0.2) is 4.68 Å². The number of ether oxygens (including phenoxy) is 1. The van der Waals surface area contributed by atoms with E-state index in [1.807, 2.05) is 13.8 Å². The predicted octanol–water partition coefficient (Wildman–Crippen LogP) is 0.582. The van der Waals surface area contributed by atoms with Gasteiger partial charge in [-0.05, 0) is 35.6 Å². The lowest BCUT2D eigenvalue weighted by Gasteiger charge is -2.21. The van der Waals surface area contributed by atoms with Gasteiger partial charge in [0.05, 0.1) is 6.54 Å². The molecule has 0 N–H and O–H groups in total. The van der Waals surface area contributed by atoms with Gasteiger partial charge in [0.25, 0.3) is 0 Å². The maximum atomic E-state index is 10.7. The first-order valence-electron chi connectivity index (χ1n) is 6.66. The standard InChI is InChI=1S/C11H15N7O3/c1-3-17-8(13-14-15-17)4-5-11(2)7-16-6-9(18(19)20)12-10(16)21-11/h6H,3-5,7H2,1-2H3. The molecule has 2 aromatic rings. The van der Waals surface area contributed by atoms with E-state index in [1.165, 1.54) is 6.20 Å². The molecule has 112 valence electrons. The van der Waals surface area contributed by atoms with Crippen LogP contribution in [0.3, 0.4) is 0 Å². The second kappa shape index (κ2) is 4.79. The molecule has 21 heavy (non-hydrogen) atoms. The van der Waals surface area contributed by atoms with Crippen molar-refractivity contribution in [2.24, 2.45) is 0 Å². The Bertz CT molecular complexity index is 654. The molecule has 3 heterocycles. The normalized spacial score (nSPS) is 20.3. The van der Waals surface area contributed by atoms with Crippen molar-refractivity contribution in [2.75, 3.05) is 0 Å². The molecule has 1 aliphatic heterocycles. The SMILES string of the molecule is CCn1nnnc1CCC1(C)Cn2cc([N+](=O)[O-])nc2O1. The molecule has 1 atom stereocenters. The first-order valence-corrected chi connectivity index (χ1v) is 6.66. The number of imidazole rings is 1. The lowest BCUT2D eigenvalue weighted by atomic mass is 10.00. The zero-order valence-corrected chi connectivity index (χ0v) is 11.8. The third kappa shape index (κ3) is 2.43. The van der Waals surface area contributed by atoms with E-state index in [1.54, 1.807) is 9.25 Å². The number of hydrogen-bond acceptors (Lipinski definition) is 7. The van der Waals surface area contributed by atoms with Crippen molar-refractivity contribution in [3.63, 3.8) is 0 Å². The Morgan fingerprint density at radius 3 is 3.05 bits per heavy atom. The minimum Gasteiger partial charge on any atom is -0.438 e. The van der Waals surface area contributed by atoms with Crippen molar-refractivity contribution >= 4 is 5.82 Å². The van der Waals surface area contributed by atoms with Gasteiger partial charge in [-0.15, -0.1) is 5.10 Å². The summed E-state index contributed by atoms with van der Waals surface area (Å²) in [5.74, 6) is 0.611. The average Bonchev–Trinajstić information content (AvgIpc) is 3.08. The fourth-order valence-corrected chi connectivity index (χ4v) is 2.44. The molecule has 0 bridgehead atoms. The van der Waals surface area contributed by atoms with Gasteiger partial charge in [-0.1, -0.05) is 0 Å². The van der Waals surface area contributed by atoms with Crippen molar-refractivity contribution in [2.45, 2.75) is 45.4 Å². The fourth-order valence-electron chi connectivity index (χ4n) is 2.44. The van der Waals surface area contributed by atoms with Gasteiger partial charge in [0.1, 0.15) is 11.8 Å². The summed E-state index contributed by atoms with van der Waals surface area (Å²) in [6, 6.07) is 0.291. The molecular weight excluding hydrogens is 278 g/mol. The van der Waals surface area contributed by atoms with Gasteiger partial charge in [-0.2, -0.15) is 0 Å². The molecule has 1 aliphatic rings. The molecule has 0 spiro atoms. The van der Waals surface area contributed by atoms with Gasteiger partial charge in [0, 0.05) is 17.9 Å². The molecular formula is C11H15N7O3. The first kappa shape index (κ1) is 13.5. The summed E-state index contributed by atoms with van der Waals surface area (Å²) in [5.41, 5.74) is -0.456. The van der Waals surface area contributed by atoms with Crippen molar-refractivity contribution in [1.82, 2.24) is 29.8 Å². The molecule has 10 heteroatoms. The summed E-state index contributed by atoms with van der Waals surface area (Å²) in [6.07, 6.45) is 2.77. The van der Waals surface area contributed by atoms with Gasteiger partial charge in [0.15, 0.2) is 5.82 Å². The van der Waals surface area contributed by atoms with Crippen molar-refractivity contribution in [1.29, 1.82) is 0 Å². The average molecular weight is 293 g/mol. The van der Waals surface area contributed by atoms with Crippen LogP contribution in [-0.2, 0) is 19.5 Å². The maximum absolute atomic E-state index is 10.7. The van der Waals surface area contributed by atoms with Crippen LogP contribution in [-0.4, -0.2) is 40.3 Å². The smallest absolute Gasteiger partial charge is 0.414 e. The predicted molar refractivity (Wildman–Crippen MR) is 69.7 cm³/mol. The Hall–Kier alpha value is -2.52. The summed E-state index contributed by atoms with van der Waals surface area (Å²) in [6.45, 7) is 5.17. The first-order chi connectivity index (χ1) is 10.0. The van der Waals surface area contributed by atoms with Crippen LogP contribution in [0.15, 0.2) is 6.20 Å². The lowest BCUT2D eigenvalue weighted by Crippen LogP contribution is -2.32. The number of aromatic nitrogens is 6. The van der Waals surface area contributed by atoms with Gasteiger partial charge < -0.3 is 14.9 Å². The van der Waals surface area contributed by atoms with Crippen LogP contribution in [0.25, 0.3) is 0 Å². The molecule has 0 amide bonds. The second-order valence-electron chi connectivity index (χ2n) is 5.23. The van der Waals surface area contributed by atoms with E-state index in [0.717, 1.165) is 5.82 Å². The van der Waals surface area contributed by atoms with Crippen LogP contribution in [0, 0.1) is 10.1 Å². The van der Waals surface area contributed by atoms with E-state index in [2.05, 4.69) is 20.5 Å². The van der Waals surface area contributed by atoms with Gasteiger partial charge in [0.2, 0.25) is 0 Å². The molecule has 0 saturated heterocycles. The van der Waals surface area contributed by atoms with Crippen LogP contribution >= 0.6 is 0 Å². The highest BCUT2D eigenvalue weighted by atomic mass is 16.6. The maximum Gasteiger partial charge on any atom is 0.414 e. The molecule has 0 saturated carbocycles. The highest BCUT2D eigenvalue weighted by Crippen LogP contribution is 2.33. The minimum atomic E-state index is -0.526. The third-order valence-corrected chi connectivity index (χ3v) is 3.54. The minimum absolute atomic E-state index is 0.193. The summed E-state index contributed by atoms with van der Waals surface area (Å²) >= 11 is 0. The quantitative estimate of drug-likeness (QED) is 0.585. The van der Waals surface area contributed by atoms with Crippen molar-refractivity contribution < 1.29 is 9.66 Å². The van der Waals surface area contributed by atoms with Gasteiger partial charge in [-0.3, -0.25) is 4.57 Å². The van der Waals surface area contributed by atoms with Crippen LogP contribution < -0.4 is 4.74 Å². The molecule has 0 radical (unpaired) electrons. The largest absolute Gasteiger partial charge is 0.438 e. The molecule has 3 rings (SSSR count). The molecule has 10 nitrogen and oxygen atoms in total. The second-order valence-corrected chi connectivity index (χ2v) is 5.23. The number of fused-ring (bicyclic) bond motifs is 1. The van der Waals surface area contributed by atoms with E-state index in [4.69, 9.17) is 4.74 Å². The summed E-state index contributed by atoms with van der Waals surface area (Å²) in [4.78, 5) is 14.0. The molecule has 0 aromatic carbocycles. The van der Waals surface area contributed by atoms with Crippen LogP contribution in [0.2, 0.25) is 0 Å². The Kier molecular flexibility index (Phi) is 3.07. The number of rotatable bonds is 5. The van der Waals surface area contributed by atoms with Crippen LogP contribution in [0.1, 0.15) is 26.1 Å². The Morgan fingerprint density at radius 1 is 1.57 bits per heavy atom. The van der Waals surface area contributed by atoms with E-state index < -0.39 is 10.5 Å². The van der Waals surface area contributed by atoms with E-state index in [9.17, 15) is 10.1 Å². The van der Waals surface area contributed by atoms with Crippen LogP contribution in [0.5, 0.6) is 6.01 Å². The topological polar surface area (TPSA) is 114 Å². The number of hydrogen-bond donors (Lipinski definition) is 0. The highest BCUT2D eigenvalue weighted by Gasteiger charge is 2.40. The van der Waals surface area contributed by atoms with E-state index >= 15 is 0 Å². The molecule has 2 aromatic heterocycles. The number of aryl methyl sites for hydroxylation is 2. The van der Waals surface area contributed by atoms with E-state index in [-0.39, 0.29) is 5.82 Å². The number of nitrogens with zero attached hydrogens (tertiary/aromatic N) is 7. The number of tetrazole rings is 1. The monoisotopic (exact) mass is 293 g/mol. The van der Waals surface area contributed by atoms with E-state index in [0.29, 0.717) is 31.9 Å². The Morgan fingerprint density at radius 2 is 2.38 bits per heavy atom. The zero-order chi connectivity index (χ0) is 15.0. The molecule has 1 unspecified atom stereocenters. The molecule has 0 aliphatic carbocycles. The number of nitro groups is 1. The van der Waals surface area contributed by atoms with Crippen LogP contribution in [0.4, 0.5) is 5.82 Å². The summed E-state index contributed by atoms with van der Waals surface area (Å²) < 4.78 is 9.17. The third-order valence-electron chi connectivity index (χ3n) is 3.54. The summed E-state index contributed by atoms with van der Waals surface area (Å²) in [7, 11) is 0. The lowest BCUT2D eigenvalue weighted by molar-refractivity contribution is -0.389.